The molecule has 0 saturated heterocycles. The number of sulfonamides is 1. The molecule has 29 heavy (non-hydrogen) atoms. The summed E-state index contributed by atoms with van der Waals surface area (Å²) in [5.74, 6) is 0.566. The minimum atomic E-state index is -3.59. The second-order valence-electron chi connectivity index (χ2n) is 7.81. The van der Waals surface area contributed by atoms with Crippen molar-refractivity contribution in [3.8, 4) is 6.07 Å². The lowest BCUT2D eigenvalue weighted by atomic mass is 9.84. The first-order valence-corrected chi connectivity index (χ1v) is 11.5. The summed E-state index contributed by atoms with van der Waals surface area (Å²) >= 11 is 0. The van der Waals surface area contributed by atoms with Crippen LogP contribution in [0.25, 0.3) is 0 Å². The van der Waals surface area contributed by atoms with Crippen LogP contribution in [0.4, 0.5) is 11.4 Å². The first-order valence-electron chi connectivity index (χ1n) is 9.86. The highest BCUT2D eigenvalue weighted by molar-refractivity contribution is 7.91. The van der Waals surface area contributed by atoms with Crippen LogP contribution in [0, 0.1) is 17.2 Å². The molecule has 0 radical (unpaired) electrons. The fourth-order valence-electron chi connectivity index (χ4n) is 3.87. The van der Waals surface area contributed by atoms with E-state index in [0.29, 0.717) is 35.6 Å². The maximum Gasteiger partial charge on any atom is 0.236 e. The summed E-state index contributed by atoms with van der Waals surface area (Å²) < 4.78 is 27.8. The number of carbonyl (C=O) groups excluding carboxylic acids is 1. The van der Waals surface area contributed by atoms with Crippen molar-refractivity contribution >= 4 is 27.3 Å². The van der Waals surface area contributed by atoms with Gasteiger partial charge in [-0.05, 0) is 66.6 Å². The summed E-state index contributed by atoms with van der Waals surface area (Å²) in [5, 5.41) is 8.85. The van der Waals surface area contributed by atoms with E-state index in [-0.39, 0.29) is 11.7 Å². The maximum atomic E-state index is 12.6. The van der Waals surface area contributed by atoms with Crippen molar-refractivity contribution in [1.82, 2.24) is 0 Å². The van der Waals surface area contributed by atoms with Crippen LogP contribution in [0.1, 0.15) is 42.4 Å². The van der Waals surface area contributed by atoms with Crippen LogP contribution in [0.2, 0.25) is 0 Å². The molecule has 2 aliphatic rings. The molecule has 1 aliphatic heterocycles. The van der Waals surface area contributed by atoms with Gasteiger partial charge in [0, 0.05) is 24.3 Å². The summed E-state index contributed by atoms with van der Waals surface area (Å²) in [5.41, 5.74) is 3.53. The fourth-order valence-corrected chi connectivity index (χ4v) is 5.06. The molecule has 1 fully saturated rings. The van der Waals surface area contributed by atoms with Crippen LogP contribution >= 0.6 is 0 Å². The molecule has 2 aromatic carbocycles. The zero-order valence-corrected chi connectivity index (χ0v) is 16.9. The number of fused-ring (bicyclic) bond motifs is 1. The van der Waals surface area contributed by atoms with Gasteiger partial charge >= 0.3 is 0 Å². The van der Waals surface area contributed by atoms with Gasteiger partial charge in [0.25, 0.3) is 0 Å². The van der Waals surface area contributed by atoms with E-state index in [1.807, 2.05) is 23.1 Å². The van der Waals surface area contributed by atoms with Gasteiger partial charge in [-0.15, -0.1) is 0 Å². The third-order valence-corrected chi connectivity index (χ3v) is 6.92. The maximum absolute atomic E-state index is 12.6. The Balaban J connectivity index is 1.49. The highest BCUT2D eigenvalue weighted by atomic mass is 32.2. The first-order chi connectivity index (χ1) is 13.9. The number of anilines is 2. The average molecular weight is 410 g/mol. The highest BCUT2D eigenvalue weighted by Gasteiger charge is 2.29. The Morgan fingerprint density at radius 2 is 1.86 bits per heavy atom. The van der Waals surface area contributed by atoms with E-state index in [1.165, 1.54) is 19.3 Å². The van der Waals surface area contributed by atoms with Crippen LogP contribution in [0.15, 0.2) is 42.5 Å². The second kappa shape index (κ2) is 7.88. The van der Waals surface area contributed by atoms with Crippen LogP contribution in [-0.2, 0) is 27.0 Å². The Morgan fingerprint density at radius 3 is 2.52 bits per heavy atom. The normalized spacial score (nSPS) is 16.7. The summed E-state index contributed by atoms with van der Waals surface area (Å²) in [4.78, 5) is 14.3. The first kappa shape index (κ1) is 19.5. The number of aryl methyl sites for hydroxylation is 1. The Hall–Kier alpha value is -2.85. The molecule has 1 saturated carbocycles. The molecule has 0 aromatic heterocycles. The monoisotopic (exact) mass is 409 g/mol. The van der Waals surface area contributed by atoms with Gasteiger partial charge in [0.2, 0.25) is 15.9 Å². The van der Waals surface area contributed by atoms with E-state index in [0.717, 1.165) is 17.8 Å². The van der Waals surface area contributed by atoms with E-state index in [9.17, 15) is 13.2 Å². The van der Waals surface area contributed by atoms with Crippen molar-refractivity contribution in [2.45, 2.75) is 37.9 Å². The number of hydrogen-bond donors (Lipinski definition) is 1. The van der Waals surface area contributed by atoms with Crippen LogP contribution < -0.4 is 9.62 Å². The van der Waals surface area contributed by atoms with Crippen molar-refractivity contribution in [2.75, 3.05) is 16.2 Å². The molecule has 1 N–H and O–H groups in total. The molecule has 1 aliphatic carbocycles. The van der Waals surface area contributed by atoms with E-state index >= 15 is 0 Å². The Kier molecular flexibility index (Phi) is 5.29. The van der Waals surface area contributed by atoms with Crippen LogP contribution in [0.5, 0.6) is 0 Å². The van der Waals surface area contributed by atoms with Crippen molar-refractivity contribution in [3.63, 3.8) is 0 Å². The third-order valence-electron chi connectivity index (χ3n) is 5.66. The second-order valence-corrected chi connectivity index (χ2v) is 9.54. The van der Waals surface area contributed by atoms with Gasteiger partial charge in [0.1, 0.15) is 0 Å². The number of benzene rings is 2. The summed E-state index contributed by atoms with van der Waals surface area (Å²) in [6.07, 6.45) is 4.67. The number of hydrogen-bond acceptors (Lipinski definition) is 4. The number of nitriles is 1. The lowest BCUT2D eigenvalue weighted by Gasteiger charge is -2.35. The SMILES string of the molecule is N#Cc1ccc(CS(=O)(=O)Nc2ccc3c(c2)CCC(=O)N3CC2CCC2)cc1. The minimum Gasteiger partial charge on any atom is -0.312 e. The van der Waals surface area contributed by atoms with E-state index < -0.39 is 10.0 Å². The van der Waals surface area contributed by atoms with Crippen molar-refractivity contribution in [1.29, 1.82) is 5.26 Å². The Morgan fingerprint density at radius 1 is 1.10 bits per heavy atom. The molecular weight excluding hydrogens is 386 g/mol. The molecule has 0 unspecified atom stereocenters. The van der Waals surface area contributed by atoms with Gasteiger partial charge in [-0.3, -0.25) is 9.52 Å². The van der Waals surface area contributed by atoms with E-state index in [1.54, 1.807) is 30.3 Å². The lowest BCUT2D eigenvalue weighted by molar-refractivity contribution is -0.119. The molecule has 6 nitrogen and oxygen atoms in total. The largest absolute Gasteiger partial charge is 0.312 e. The number of rotatable bonds is 6. The third kappa shape index (κ3) is 4.43. The smallest absolute Gasteiger partial charge is 0.236 e. The van der Waals surface area contributed by atoms with Gasteiger partial charge in [-0.25, -0.2) is 8.42 Å². The minimum absolute atomic E-state index is 0.151. The lowest BCUT2D eigenvalue weighted by Crippen LogP contribution is -2.40. The highest BCUT2D eigenvalue weighted by Crippen LogP contribution is 2.34. The van der Waals surface area contributed by atoms with E-state index in [2.05, 4.69) is 4.72 Å². The quantitative estimate of drug-likeness (QED) is 0.790. The molecular formula is C22H23N3O3S. The molecule has 7 heteroatoms. The summed E-state index contributed by atoms with van der Waals surface area (Å²) in [6, 6.07) is 13.9. The number of nitrogens with zero attached hydrogens (tertiary/aromatic N) is 2. The average Bonchev–Trinajstić information content (AvgIpc) is 2.66. The predicted molar refractivity (Wildman–Crippen MR) is 112 cm³/mol. The Labute approximate surface area is 171 Å². The van der Waals surface area contributed by atoms with Crippen LogP contribution in [-0.4, -0.2) is 20.9 Å². The topological polar surface area (TPSA) is 90.3 Å². The molecule has 0 spiro atoms. The zero-order chi connectivity index (χ0) is 20.4. The summed E-state index contributed by atoms with van der Waals surface area (Å²) in [7, 11) is -3.59. The molecule has 1 amide bonds. The number of amides is 1. The van der Waals surface area contributed by atoms with Crippen molar-refractivity contribution in [3.05, 3.63) is 59.2 Å². The van der Waals surface area contributed by atoms with Crippen molar-refractivity contribution in [2.24, 2.45) is 5.92 Å². The molecule has 150 valence electrons. The molecule has 0 atom stereocenters. The summed E-state index contributed by atoms with van der Waals surface area (Å²) in [6.45, 7) is 0.760. The van der Waals surface area contributed by atoms with Gasteiger partial charge < -0.3 is 4.90 Å². The van der Waals surface area contributed by atoms with Gasteiger partial charge in [-0.1, -0.05) is 18.6 Å². The number of carbonyl (C=O) groups is 1. The molecule has 1 heterocycles. The molecule has 2 aromatic rings. The van der Waals surface area contributed by atoms with E-state index in [4.69, 9.17) is 5.26 Å². The fraction of sp³-hybridized carbons (Fsp3) is 0.364. The predicted octanol–water partition coefficient (Wildman–Crippen LogP) is 3.58. The molecule has 0 bridgehead atoms. The standard InChI is InChI=1S/C22H23N3O3S/c23-13-16-4-6-18(7-5-16)15-29(27,28)24-20-9-10-21-19(12-20)8-11-22(26)25(21)14-17-2-1-3-17/h4-7,9-10,12,17,24H,1-3,8,11,14-15H2. The van der Waals surface area contributed by atoms with Gasteiger partial charge in [0.05, 0.1) is 17.4 Å². The molecule has 4 rings (SSSR count). The Bertz CT molecular complexity index is 1070. The van der Waals surface area contributed by atoms with Crippen molar-refractivity contribution < 1.29 is 13.2 Å². The van der Waals surface area contributed by atoms with Gasteiger partial charge in [0.15, 0.2) is 0 Å². The van der Waals surface area contributed by atoms with Gasteiger partial charge in [-0.2, -0.15) is 5.26 Å². The number of nitrogens with one attached hydrogen (secondary N) is 1. The zero-order valence-electron chi connectivity index (χ0n) is 16.1. The van der Waals surface area contributed by atoms with Crippen LogP contribution in [0.3, 0.4) is 0 Å².